The standard InChI is InChI=1S/C14H19N3O2/c1-14(2)8-17(5-6-19-14)9-3-4-10-11(7-9)16-13(18)12(10)15/h3-4,7,12H,5-6,8,15H2,1-2H3,(H,16,18). The van der Waals surface area contributed by atoms with E-state index < -0.39 is 6.04 Å². The van der Waals surface area contributed by atoms with Crippen LogP contribution in [0.2, 0.25) is 0 Å². The number of morpholine rings is 1. The molecular weight excluding hydrogens is 242 g/mol. The molecule has 2 aliphatic rings. The van der Waals surface area contributed by atoms with Crippen LogP contribution in [0.15, 0.2) is 18.2 Å². The number of ether oxygens (including phenoxy) is 1. The molecule has 0 spiro atoms. The van der Waals surface area contributed by atoms with Crippen molar-refractivity contribution in [3.63, 3.8) is 0 Å². The average Bonchev–Trinajstić information content (AvgIpc) is 2.63. The first-order valence-corrected chi connectivity index (χ1v) is 6.56. The van der Waals surface area contributed by atoms with E-state index in [4.69, 9.17) is 10.5 Å². The molecule has 3 rings (SSSR count). The second-order valence-electron chi connectivity index (χ2n) is 5.77. The molecule has 1 aromatic carbocycles. The second kappa shape index (κ2) is 4.21. The lowest BCUT2D eigenvalue weighted by Gasteiger charge is -2.39. The van der Waals surface area contributed by atoms with Crippen LogP contribution in [0.4, 0.5) is 11.4 Å². The van der Waals surface area contributed by atoms with Crippen molar-refractivity contribution in [3.05, 3.63) is 23.8 Å². The number of hydrogen-bond donors (Lipinski definition) is 2. The first-order chi connectivity index (χ1) is 8.96. The van der Waals surface area contributed by atoms with Crippen molar-refractivity contribution in [2.75, 3.05) is 29.9 Å². The van der Waals surface area contributed by atoms with E-state index in [2.05, 4.69) is 24.1 Å². The molecule has 5 heteroatoms. The highest BCUT2D eigenvalue weighted by atomic mass is 16.5. The molecular formula is C14H19N3O2. The number of nitrogens with one attached hydrogen (secondary N) is 1. The average molecular weight is 261 g/mol. The molecule has 0 saturated carbocycles. The molecule has 1 fully saturated rings. The summed E-state index contributed by atoms with van der Waals surface area (Å²) in [7, 11) is 0. The predicted molar refractivity (Wildman–Crippen MR) is 74.2 cm³/mol. The summed E-state index contributed by atoms with van der Waals surface area (Å²) in [6.45, 7) is 6.60. The minimum Gasteiger partial charge on any atom is -0.372 e. The van der Waals surface area contributed by atoms with Gasteiger partial charge < -0.3 is 20.7 Å². The number of carbonyl (C=O) groups excluding carboxylic acids is 1. The van der Waals surface area contributed by atoms with E-state index in [0.717, 1.165) is 36.6 Å². The summed E-state index contributed by atoms with van der Waals surface area (Å²) in [5.74, 6) is -0.130. The number of fused-ring (bicyclic) bond motifs is 1. The van der Waals surface area contributed by atoms with Crippen molar-refractivity contribution in [1.29, 1.82) is 0 Å². The maximum absolute atomic E-state index is 11.6. The number of nitrogens with zero attached hydrogens (tertiary/aromatic N) is 1. The fourth-order valence-electron chi connectivity index (χ4n) is 2.71. The molecule has 1 amide bonds. The van der Waals surface area contributed by atoms with Gasteiger partial charge in [-0.1, -0.05) is 6.07 Å². The monoisotopic (exact) mass is 261 g/mol. The molecule has 0 bridgehead atoms. The molecule has 102 valence electrons. The molecule has 5 nitrogen and oxygen atoms in total. The molecule has 0 aromatic heterocycles. The van der Waals surface area contributed by atoms with Crippen LogP contribution in [-0.2, 0) is 9.53 Å². The number of anilines is 2. The lowest BCUT2D eigenvalue weighted by Crippen LogP contribution is -2.48. The Kier molecular flexibility index (Phi) is 2.76. The number of hydrogen-bond acceptors (Lipinski definition) is 4. The molecule has 2 heterocycles. The van der Waals surface area contributed by atoms with Gasteiger partial charge in [-0.15, -0.1) is 0 Å². The number of amides is 1. The lowest BCUT2D eigenvalue weighted by molar-refractivity contribution is -0.116. The van der Waals surface area contributed by atoms with Crippen LogP contribution in [0.1, 0.15) is 25.5 Å². The summed E-state index contributed by atoms with van der Waals surface area (Å²) in [6, 6.07) is 5.43. The van der Waals surface area contributed by atoms with Crippen molar-refractivity contribution in [2.24, 2.45) is 5.73 Å². The Hall–Kier alpha value is -1.59. The molecule has 3 N–H and O–H groups in total. The fourth-order valence-corrected chi connectivity index (χ4v) is 2.71. The third kappa shape index (κ3) is 2.19. The van der Waals surface area contributed by atoms with E-state index >= 15 is 0 Å². The molecule has 0 aliphatic carbocycles. The first-order valence-electron chi connectivity index (χ1n) is 6.56. The Morgan fingerprint density at radius 3 is 3.00 bits per heavy atom. The minimum absolute atomic E-state index is 0.130. The lowest BCUT2D eigenvalue weighted by atomic mass is 10.0. The summed E-state index contributed by atoms with van der Waals surface area (Å²) in [5.41, 5.74) is 8.48. The summed E-state index contributed by atoms with van der Waals surface area (Å²) in [5, 5.41) is 2.83. The van der Waals surface area contributed by atoms with Crippen LogP contribution < -0.4 is 16.0 Å². The van der Waals surface area contributed by atoms with Gasteiger partial charge in [0.05, 0.1) is 12.2 Å². The quantitative estimate of drug-likeness (QED) is 0.798. The molecule has 1 atom stereocenters. The molecule has 0 radical (unpaired) electrons. The fraction of sp³-hybridized carbons (Fsp3) is 0.500. The van der Waals surface area contributed by atoms with Gasteiger partial charge in [-0.3, -0.25) is 4.79 Å². The van der Waals surface area contributed by atoms with Crippen LogP contribution in [-0.4, -0.2) is 31.2 Å². The van der Waals surface area contributed by atoms with E-state index in [0.29, 0.717) is 0 Å². The second-order valence-corrected chi connectivity index (χ2v) is 5.77. The Labute approximate surface area is 112 Å². The van der Waals surface area contributed by atoms with Gasteiger partial charge in [0.25, 0.3) is 0 Å². The van der Waals surface area contributed by atoms with E-state index in [9.17, 15) is 4.79 Å². The van der Waals surface area contributed by atoms with Gasteiger partial charge in [-0.2, -0.15) is 0 Å². The molecule has 2 aliphatic heterocycles. The normalized spacial score (nSPS) is 25.1. The van der Waals surface area contributed by atoms with Gasteiger partial charge in [0.2, 0.25) is 5.91 Å². The highest BCUT2D eigenvalue weighted by molar-refractivity contribution is 6.02. The van der Waals surface area contributed by atoms with Crippen LogP contribution in [0.25, 0.3) is 0 Å². The Bertz CT molecular complexity index is 527. The van der Waals surface area contributed by atoms with E-state index in [1.54, 1.807) is 0 Å². The third-order valence-corrected chi connectivity index (χ3v) is 3.70. The van der Waals surface area contributed by atoms with Gasteiger partial charge in [0.1, 0.15) is 6.04 Å². The topological polar surface area (TPSA) is 67.6 Å². The first kappa shape index (κ1) is 12.4. The van der Waals surface area contributed by atoms with Crippen molar-refractivity contribution in [2.45, 2.75) is 25.5 Å². The van der Waals surface area contributed by atoms with Crippen molar-refractivity contribution >= 4 is 17.3 Å². The number of rotatable bonds is 1. The zero-order chi connectivity index (χ0) is 13.6. The SMILES string of the molecule is CC1(C)CN(c2ccc3c(c2)NC(=O)C3N)CCO1. The predicted octanol–water partition coefficient (Wildman–Crippen LogP) is 1.25. The largest absolute Gasteiger partial charge is 0.372 e. The van der Waals surface area contributed by atoms with Gasteiger partial charge >= 0.3 is 0 Å². The number of nitrogens with two attached hydrogens (primary N) is 1. The maximum Gasteiger partial charge on any atom is 0.245 e. The van der Waals surface area contributed by atoms with Gasteiger partial charge in [0, 0.05) is 30.0 Å². The highest BCUT2D eigenvalue weighted by Gasteiger charge is 2.30. The summed E-state index contributed by atoms with van der Waals surface area (Å²) in [6.07, 6.45) is 0. The zero-order valence-corrected chi connectivity index (χ0v) is 11.3. The van der Waals surface area contributed by atoms with E-state index in [-0.39, 0.29) is 11.5 Å². The van der Waals surface area contributed by atoms with Crippen LogP contribution >= 0.6 is 0 Å². The van der Waals surface area contributed by atoms with Crippen LogP contribution in [0.3, 0.4) is 0 Å². The number of benzene rings is 1. The Morgan fingerprint density at radius 2 is 2.26 bits per heavy atom. The molecule has 19 heavy (non-hydrogen) atoms. The van der Waals surface area contributed by atoms with Crippen LogP contribution in [0, 0.1) is 0 Å². The summed E-state index contributed by atoms with van der Waals surface area (Å²) >= 11 is 0. The van der Waals surface area contributed by atoms with E-state index in [1.807, 2.05) is 18.2 Å². The van der Waals surface area contributed by atoms with Crippen molar-refractivity contribution in [1.82, 2.24) is 0 Å². The van der Waals surface area contributed by atoms with Gasteiger partial charge in [-0.05, 0) is 26.0 Å². The summed E-state index contributed by atoms with van der Waals surface area (Å²) < 4.78 is 5.71. The number of carbonyl (C=O) groups is 1. The van der Waals surface area contributed by atoms with Gasteiger partial charge in [0.15, 0.2) is 0 Å². The highest BCUT2D eigenvalue weighted by Crippen LogP contribution is 2.33. The molecule has 1 saturated heterocycles. The third-order valence-electron chi connectivity index (χ3n) is 3.70. The minimum atomic E-state index is -0.537. The van der Waals surface area contributed by atoms with E-state index in [1.165, 1.54) is 0 Å². The van der Waals surface area contributed by atoms with Gasteiger partial charge in [-0.25, -0.2) is 0 Å². The van der Waals surface area contributed by atoms with Crippen molar-refractivity contribution in [3.8, 4) is 0 Å². The summed E-state index contributed by atoms with van der Waals surface area (Å²) in [4.78, 5) is 13.8. The van der Waals surface area contributed by atoms with Crippen molar-refractivity contribution < 1.29 is 9.53 Å². The Morgan fingerprint density at radius 1 is 1.47 bits per heavy atom. The molecule has 1 unspecified atom stereocenters. The Balaban J connectivity index is 1.87. The smallest absolute Gasteiger partial charge is 0.245 e. The maximum atomic E-state index is 11.6. The zero-order valence-electron chi connectivity index (χ0n) is 11.3. The van der Waals surface area contributed by atoms with Crippen LogP contribution in [0.5, 0.6) is 0 Å². The molecule has 1 aromatic rings.